The molecule has 1 spiro atoms. The number of hydrogen-bond acceptors (Lipinski definition) is 5. The van der Waals surface area contributed by atoms with E-state index in [2.05, 4.69) is 10.2 Å². The second-order valence-electron chi connectivity index (χ2n) is 12.1. The highest BCUT2D eigenvalue weighted by atomic mass is 35.5. The average molecular weight is 621 g/mol. The molecule has 1 saturated heterocycles. The molecule has 0 unspecified atom stereocenters. The highest BCUT2D eigenvalue weighted by Crippen LogP contribution is 2.63. The van der Waals surface area contributed by atoms with E-state index in [1.54, 1.807) is 48.0 Å². The van der Waals surface area contributed by atoms with Gasteiger partial charge in [-0.2, -0.15) is 5.10 Å². The molecule has 3 aliphatic heterocycles. The van der Waals surface area contributed by atoms with Gasteiger partial charge in [-0.3, -0.25) is 9.69 Å². The van der Waals surface area contributed by atoms with Crippen LogP contribution in [0.2, 0.25) is 10.0 Å². The molecule has 1 amide bonds. The van der Waals surface area contributed by atoms with Crippen LogP contribution in [0.15, 0.2) is 48.5 Å². The largest absolute Gasteiger partial charge is 0.478 e. The van der Waals surface area contributed by atoms with Gasteiger partial charge in [0, 0.05) is 34.8 Å². The quantitative estimate of drug-likeness (QED) is 0.269. The fourth-order valence-electron chi connectivity index (χ4n) is 7.72. The van der Waals surface area contributed by atoms with E-state index in [-0.39, 0.29) is 22.5 Å². The summed E-state index contributed by atoms with van der Waals surface area (Å²) in [7, 11) is 0. The first-order valence-corrected chi connectivity index (χ1v) is 15.2. The smallest absolute Gasteiger partial charge is 0.335 e. The molecule has 4 aromatic rings. The third-order valence-electron chi connectivity index (χ3n) is 9.66. The van der Waals surface area contributed by atoms with E-state index in [0.717, 1.165) is 18.4 Å². The van der Waals surface area contributed by atoms with Gasteiger partial charge in [0.05, 0.1) is 34.1 Å². The molecule has 8 rings (SSSR count). The van der Waals surface area contributed by atoms with Crippen molar-refractivity contribution in [3.8, 4) is 5.88 Å². The predicted molar refractivity (Wildman–Crippen MR) is 160 cm³/mol. The monoisotopic (exact) mass is 620 g/mol. The zero-order valence-corrected chi connectivity index (χ0v) is 24.6. The topological polar surface area (TPSA) is 96.7 Å². The zero-order chi connectivity index (χ0) is 29.8. The maximum Gasteiger partial charge on any atom is 0.335 e. The summed E-state index contributed by atoms with van der Waals surface area (Å²) in [5.74, 6) is -1.80. The van der Waals surface area contributed by atoms with E-state index in [1.807, 2.05) is 6.07 Å². The molecule has 3 aromatic carbocycles. The molecule has 11 heteroatoms. The van der Waals surface area contributed by atoms with Crippen molar-refractivity contribution in [1.29, 1.82) is 0 Å². The number of hydrogen-bond donors (Lipinski definition) is 2. The number of rotatable bonds is 4. The van der Waals surface area contributed by atoms with Gasteiger partial charge in [0.15, 0.2) is 0 Å². The standard InChI is InChI=1S/C32H27Cl2FN4O4/c1-15-11-23-20(13-19(15)30(40)41)29-39(37-23)28-25(9-10-43-29)38(14-16-5-6-16)32(26(28)18-3-2-4-22(34)27(18)35)21-8-7-17(33)12-24(21)36-31(32)42/h2-4,7-8,11-13,16,25-26,28H,5-6,9-10,14H2,1H3,(H,36,42)(H,40,41)/t25-,26-,28+,32+/m0/s1. The third kappa shape index (κ3) is 3.74. The Kier molecular flexibility index (Phi) is 5.90. The van der Waals surface area contributed by atoms with Crippen molar-refractivity contribution in [3.05, 3.63) is 86.6 Å². The Morgan fingerprint density at radius 1 is 1.19 bits per heavy atom. The van der Waals surface area contributed by atoms with Gasteiger partial charge in [-0.15, -0.1) is 0 Å². The van der Waals surface area contributed by atoms with Crippen LogP contribution in [-0.2, 0) is 10.3 Å². The van der Waals surface area contributed by atoms with Gasteiger partial charge in [-0.1, -0.05) is 41.4 Å². The van der Waals surface area contributed by atoms with E-state index in [4.69, 9.17) is 33.0 Å². The van der Waals surface area contributed by atoms with Gasteiger partial charge in [0.2, 0.25) is 11.8 Å². The molecular formula is C32H27Cl2FN4O4. The minimum absolute atomic E-state index is 0.0305. The van der Waals surface area contributed by atoms with Crippen molar-refractivity contribution >= 4 is 51.7 Å². The van der Waals surface area contributed by atoms with E-state index in [9.17, 15) is 14.7 Å². The van der Waals surface area contributed by atoms with Gasteiger partial charge in [0.25, 0.3) is 0 Å². The molecule has 8 nitrogen and oxygen atoms in total. The molecule has 0 bridgehead atoms. The third-order valence-corrected chi connectivity index (χ3v) is 10.2. The Balaban J connectivity index is 1.45. The summed E-state index contributed by atoms with van der Waals surface area (Å²) in [4.78, 5) is 28.8. The van der Waals surface area contributed by atoms with Crippen molar-refractivity contribution in [3.63, 3.8) is 0 Å². The van der Waals surface area contributed by atoms with Crippen LogP contribution < -0.4 is 10.1 Å². The van der Waals surface area contributed by atoms with E-state index >= 15 is 4.39 Å². The Morgan fingerprint density at radius 3 is 2.77 bits per heavy atom. The summed E-state index contributed by atoms with van der Waals surface area (Å²) in [5.41, 5.74) is 1.67. The molecule has 1 saturated carbocycles. The number of nitrogens with zero attached hydrogens (tertiary/aromatic N) is 3. The summed E-state index contributed by atoms with van der Waals surface area (Å²) in [6.07, 6.45) is 2.66. The van der Waals surface area contributed by atoms with Crippen LogP contribution in [0, 0.1) is 18.7 Å². The number of carboxylic acids is 1. The van der Waals surface area contributed by atoms with E-state index in [1.165, 1.54) is 6.07 Å². The number of carbonyl (C=O) groups is 2. The van der Waals surface area contributed by atoms with Crippen LogP contribution in [0.1, 0.15) is 58.3 Å². The second-order valence-corrected chi connectivity index (χ2v) is 12.9. The lowest BCUT2D eigenvalue weighted by Gasteiger charge is -2.40. The minimum Gasteiger partial charge on any atom is -0.478 e. The number of halogens is 3. The van der Waals surface area contributed by atoms with Gasteiger partial charge in [-0.05, 0) is 73.6 Å². The van der Waals surface area contributed by atoms with Crippen molar-refractivity contribution in [2.45, 2.75) is 49.7 Å². The number of benzene rings is 3. The van der Waals surface area contributed by atoms with Gasteiger partial charge in [-0.25, -0.2) is 13.9 Å². The number of aromatic nitrogens is 2. The number of nitrogens with one attached hydrogen (secondary N) is 1. The maximum atomic E-state index is 16.3. The van der Waals surface area contributed by atoms with Crippen LogP contribution in [0.4, 0.5) is 10.1 Å². The Morgan fingerprint density at radius 2 is 2.00 bits per heavy atom. The summed E-state index contributed by atoms with van der Waals surface area (Å²) >= 11 is 12.8. The first kappa shape index (κ1) is 26.9. The summed E-state index contributed by atoms with van der Waals surface area (Å²) in [6.45, 7) is 2.69. The molecule has 220 valence electrons. The van der Waals surface area contributed by atoms with E-state index in [0.29, 0.717) is 64.1 Å². The number of fused-ring (bicyclic) bond motifs is 7. The van der Waals surface area contributed by atoms with Crippen LogP contribution in [0.5, 0.6) is 5.88 Å². The Bertz CT molecular complexity index is 1870. The number of amides is 1. The highest BCUT2D eigenvalue weighted by molar-refractivity contribution is 6.31. The van der Waals surface area contributed by atoms with Crippen molar-refractivity contribution < 1.29 is 23.8 Å². The van der Waals surface area contributed by atoms with Gasteiger partial charge in [0.1, 0.15) is 11.4 Å². The Labute approximate surface area is 256 Å². The second kappa shape index (κ2) is 9.42. The average Bonchev–Trinajstić information content (AvgIpc) is 3.62. The van der Waals surface area contributed by atoms with Crippen LogP contribution in [0.3, 0.4) is 0 Å². The minimum atomic E-state index is -1.28. The molecule has 2 fully saturated rings. The summed E-state index contributed by atoms with van der Waals surface area (Å²) in [6, 6.07) is 12.8. The Hall–Kier alpha value is -3.66. The molecule has 4 heterocycles. The van der Waals surface area contributed by atoms with Gasteiger partial charge < -0.3 is 15.2 Å². The van der Waals surface area contributed by atoms with Crippen LogP contribution >= 0.6 is 23.2 Å². The van der Waals surface area contributed by atoms with Crippen molar-refractivity contribution in [1.82, 2.24) is 14.7 Å². The number of aryl methyl sites for hydroxylation is 1. The number of carboxylic acid groups (broad SMARTS) is 1. The molecule has 43 heavy (non-hydrogen) atoms. The first-order chi connectivity index (χ1) is 20.7. The number of likely N-dealkylation sites (tertiary alicyclic amines) is 1. The number of ether oxygens (including phenoxy) is 1. The summed E-state index contributed by atoms with van der Waals surface area (Å²) in [5, 5.41) is 18.9. The van der Waals surface area contributed by atoms with E-state index < -0.39 is 29.3 Å². The molecule has 1 aliphatic carbocycles. The fraction of sp³-hybridized carbons (Fsp3) is 0.344. The predicted octanol–water partition coefficient (Wildman–Crippen LogP) is 6.54. The fourth-order valence-corrected chi connectivity index (χ4v) is 8.08. The highest BCUT2D eigenvalue weighted by Gasteiger charge is 2.68. The maximum absolute atomic E-state index is 16.3. The van der Waals surface area contributed by atoms with Crippen LogP contribution in [-0.4, -0.2) is 50.9 Å². The van der Waals surface area contributed by atoms with Gasteiger partial charge >= 0.3 is 5.97 Å². The lowest BCUT2D eigenvalue weighted by molar-refractivity contribution is -0.128. The number of anilines is 1. The van der Waals surface area contributed by atoms with Crippen molar-refractivity contribution in [2.24, 2.45) is 5.92 Å². The SMILES string of the molecule is Cc1cc2nn3c(c2cc1C(=O)O)OCC[C@H]1[C@@H]3[C@H](c2cccc(Cl)c2F)[C@]2(C(=O)Nc3cc(Cl)ccc32)N1CC1CC1. The molecular weight excluding hydrogens is 594 g/mol. The molecule has 0 radical (unpaired) electrons. The normalized spacial score (nSPS) is 26.1. The molecule has 1 aromatic heterocycles. The molecule has 4 aliphatic rings. The molecule has 4 atom stereocenters. The zero-order valence-electron chi connectivity index (χ0n) is 23.1. The van der Waals surface area contributed by atoms with Crippen molar-refractivity contribution in [2.75, 3.05) is 18.5 Å². The lowest BCUT2D eigenvalue weighted by atomic mass is 9.73. The number of aromatic carboxylic acids is 1. The molecule has 2 N–H and O–H groups in total. The van der Waals surface area contributed by atoms with Crippen LogP contribution in [0.25, 0.3) is 10.9 Å². The lowest BCUT2D eigenvalue weighted by Crippen LogP contribution is -2.53. The summed E-state index contributed by atoms with van der Waals surface area (Å²) < 4.78 is 24.4. The first-order valence-electron chi connectivity index (χ1n) is 14.4. The number of carbonyl (C=O) groups excluding carboxylic acids is 1.